The summed E-state index contributed by atoms with van der Waals surface area (Å²) in [5, 5.41) is 2.45. The molecule has 0 bridgehead atoms. The highest BCUT2D eigenvalue weighted by Crippen LogP contribution is 2.32. The van der Waals surface area contributed by atoms with Gasteiger partial charge in [0.1, 0.15) is 6.54 Å². The lowest BCUT2D eigenvalue weighted by molar-refractivity contribution is -0.141. The van der Waals surface area contributed by atoms with E-state index in [9.17, 15) is 14.4 Å². The van der Waals surface area contributed by atoms with E-state index in [0.717, 1.165) is 18.4 Å². The van der Waals surface area contributed by atoms with Crippen molar-refractivity contribution in [3.05, 3.63) is 59.2 Å². The summed E-state index contributed by atoms with van der Waals surface area (Å²) in [7, 11) is 0. The largest absolute Gasteiger partial charge is 0.456 e. The molecule has 1 aliphatic rings. The molecule has 28 heavy (non-hydrogen) atoms. The third-order valence-electron chi connectivity index (χ3n) is 4.21. The van der Waals surface area contributed by atoms with Crippen LogP contribution in [0.2, 0.25) is 0 Å². The van der Waals surface area contributed by atoms with E-state index in [2.05, 4.69) is 12.2 Å². The van der Waals surface area contributed by atoms with Crippen LogP contribution in [0.3, 0.4) is 0 Å². The Morgan fingerprint density at radius 2 is 1.71 bits per heavy atom. The van der Waals surface area contributed by atoms with Crippen LogP contribution in [-0.4, -0.2) is 37.6 Å². The predicted molar refractivity (Wildman–Crippen MR) is 101 cm³/mol. The van der Waals surface area contributed by atoms with Crippen molar-refractivity contribution in [3.63, 3.8) is 0 Å². The van der Waals surface area contributed by atoms with Gasteiger partial charge in [0.25, 0.3) is 5.91 Å². The Hall–Kier alpha value is -3.35. The maximum absolute atomic E-state index is 12.1. The summed E-state index contributed by atoms with van der Waals surface area (Å²) in [6.07, 6.45) is 1.98. The van der Waals surface area contributed by atoms with Crippen molar-refractivity contribution in [3.8, 4) is 11.5 Å². The van der Waals surface area contributed by atoms with E-state index < -0.39 is 11.9 Å². The van der Waals surface area contributed by atoms with Gasteiger partial charge in [-0.25, -0.2) is 0 Å². The molecule has 2 aromatic carbocycles. The van der Waals surface area contributed by atoms with E-state index >= 15 is 0 Å². The molecule has 2 aromatic rings. The first-order chi connectivity index (χ1) is 13.6. The topological polar surface area (TPSA) is 90.9 Å². The molecule has 0 unspecified atom stereocenters. The van der Waals surface area contributed by atoms with E-state index in [0.29, 0.717) is 22.6 Å². The Kier molecular flexibility index (Phi) is 6.26. The molecule has 0 aromatic heterocycles. The molecule has 1 heterocycles. The van der Waals surface area contributed by atoms with Crippen LogP contribution in [0.5, 0.6) is 11.5 Å². The molecule has 7 nitrogen and oxygen atoms in total. The fraction of sp³-hybridized carbons (Fsp3) is 0.286. The molecule has 0 saturated carbocycles. The maximum Gasteiger partial charge on any atom is 0.325 e. The number of nitrogens with one attached hydrogen (secondary N) is 1. The zero-order valence-corrected chi connectivity index (χ0v) is 15.5. The van der Waals surface area contributed by atoms with Crippen LogP contribution in [-0.2, 0) is 16.0 Å². The van der Waals surface area contributed by atoms with Gasteiger partial charge in [-0.3, -0.25) is 14.4 Å². The standard InChI is InChI=1S/C21H21NO6/c1-2-3-14-4-6-15(7-5-14)17(23)12-26-20(24)11-22-21(25)16-8-9-18-19(10-16)28-13-27-18/h4-10H,2-3,11-13H2,1H3,(H,22,25). The number of esters is 1. The molecule has 0 atom stereocenters. The Morgan fingerprint density at radius 1 is 1.00 bits per heavy atom. The lowest BCUT2D eigenvalue weighted by Gasteiger charge is -2.07. The van der Waals surface area contributed by atoms with Gasteiger partial charge >= 0.3 is 5.97 Å². The number of amides is 1. The molecular formula is C21H21NO6. The first-order valence-corrected chi connectivity index (χ1v) is 9.02. The van der Waals surface area contributed by atoms with E-state index in [1.54, 1.807) is 24.3 Å². The Morgan fingerprint density at radius 3 is 2.46 bits per heavy atom. The SMILES string of the molecule is CCCc1ccc(C(=O)COC(=O)CNC(=O)c2ccc3c(c2)OCO3)cc1. The molecular weight excluding hydrogens is 362 g/mol. The highest BCUT2D eigenvalue weighted by Gasteiger charge is 2.17. The van der Waals surface area contributed by atoms with Crippen molar-refractivity contribution < 1.29 is 28.6 Å². The summed E-state index contributed by atoms with van der Waals surface area (Å²) in [5.41, 5.74) is 1.97. The first kappa shape index (κ1) is 19.4. The second kappa shape index (κ2) is 9.03. The van der Waals surface area contributed by atoms with E-state index in [1.807, 2.05) is 12.1 Å². The van der Waals surface area contributed by atoms with Gasteiger partial charge in [0.2, 0.25) is 6.79 Å². The predicted octanol–water partition coefficient (Wildman–Crippen LogP) is 2.52. The highest BCUT2D eigenvalue weighted by molar-refractivity contribution is 5.99. The summed E-state index contributed by atoms with van der Waals surface area (Å²) in [4.78, 5) is 36.0. The highest BCUT2D eigenvalue weighted by atomic mass is 16.7. The minimum Gasteiger partial charge on any atom is -0.456 e. The molecule has 0 radical (unpaired) electrons. The molecule has 1 aliphatic heterocycles. The summed E-state index contributed by atoms with van der Waals surface area (Å²) >= 11 is 0. The van der Waals surface area contributed by atoms with Crippen LogP contribution >= 0.6 is 0 Å². The van der Waals surface area contributed by atoms with Crippen LogP contribution in [0.25, 0.3) is 0 Å². The van der Waals surface area contributed by atoms with E-state index in [-0.39, 0.29) is 25.7 Å². The third kappa shape index (κ3) is 4.88. The first-order valence-electron chi connectivity index (χ1n) is 9.02. The summed E-state index contributed by atoms with van der Waals surface area (Å²) in [6.45, 7) is 1.49. The lowest BCUT2D eigenvalue weighted by Crippen LogP contribution is -2.31. The van der Waals surface area contributed by atoms with Crippen molar-refractivity contribution in [2.75, 3.05) is 19.9 Å². The van der Waals surface area contributed by atoms with Crippen LogP contribution in [0.15, 0.2) is 42.5 Å². The quantitative estimate of drug-likeness (QED) is 0.556. The number of carbonyl (C=O) groups excluding carboxylic acids is 3. The van der Waals surface area contributed by atoms with Gasteiger partial charge in [0, 0.05) is 11.1 Å². The molecule has 1 N–H and O–H groups in total. The zero-order chi connectivity index (χ0) is 19.9. The monoisotopic (exact) mass is 383 g/mol. The summed E-state index contributed by atoms with van der Waals surface area (Å²) in [6, 6.07) is 12.0. The molecule has 7 heteroatoms. The van der Waals surface area contributed by atoms with E-state index in [4.69, 9.17) is 14.2 Å². The van der Waals surface area contributed by atoms with Crippen molar-refractivity contribution >= 4 is 17.7 Å². The van der Waals surface area contributed by atoms with Gasteiger partial charge in [-0.2, -0.15) is 0 Å². The molecule has 0 spiro atoms. The zero-order valence-electron chi connectivity index (χ0n) is 15.5. The number of fused-ring (bicyclic) bond motifs is 1. The van der Waals surface area contributed by atoms with Crippen LogP contribution < -0.4 is 14.8 Å². The average Bonchev–Trinajstić information content (AvgIpc) is 3.19. The molecule has 0 fully saturated rings. The van der Waals surface area contributed by atoms with Gasteiger partial charge in [-0.1, -0.05) is 37.6 Å². The van der Waals surface area contributed by atoms with Crippen LogP contribution in [0.4, 0.5) is 0 Å². The molecule has 0 aliphatic carbocycles. The smallest absolute Gasteiger partial charge is 0.325 e. The fourth-order valence-corrected chi connectivity index (χ4v) is 2.72. The molecule has 3 rings (SSSR count). The van der Waals surface area contributed by atoms with Crippen molar-refractivity contribution in [1.82, 2.24) is 5.32 Å². The van der Waals surface area contributed by atoms with Crippen LogP contribution in [0, 0.1) is 0 Å². The van der Waals surface area contributed by atoms with Crippen molar-refractivity contribution in [1.29, 1.82) is 0 Å². The number of hydrogen-bond acceptors (Lipinski definition) is 6. The minimum atomic E-state index is -0.690. The number of benzene rings is 2. The fourth-order valence-electron chi connectivity index (χ4n) is 2.72. The molecule has 1 amide bonds. The summed E-state index contributed by atoms with van der Waals surface area (Å²) < 4.78 is 15.3. The number of ether oxygens (including phenoxy) is 3. The lowest BCUT2D eigenvalue weighted by atomic mass is 10.1. The van der Waals surface area contributed by atoms with Gasteiger partial charge in [-0.15, -0.1) is 0 Å². The van der Waals surface area contributed by atoms with Gasteiger partial charge in [0.05, 0.1) is 0 Å². The summed E-state index contributed by atoms with van der Waals surface area (Å²) in [5.74, 6) is -0.389. The third-order valence-corrected chi connectivity index (χ3v) is 4.21. The number of ketones is 1. The number of aryl methyl sites for hydroxylation is 1. The number of hydrogen-bond donors (Lipinski definition) is 1. The maximum atomic E-state index is 12.1. The van der Waals surface area contributed by atoms with Crippen LogP contribution in [0.1, 0.15) is 39.6 Å². The van der Waals surface area contributed by atoms with Gasteiger partial charge < -0.3 is 19.5 Å². The Balaban J connectivity index is 1.44. The number of rotatable bonds is 8. The number of Topliss-reactive ketones (excluding diaryl/α,β-unsaturated/α-hetero) is 1. The normalized spacial score (nSPS) is 11.8. The molecule has 0 saturated heterocycles. The Labute approximate surface area is 162 Å². The van der Waals surface area contributed by atoms with Crippen molar-refractivity contribution in [2.45, 2.75) is 19.8 Å². The minimum absolute atomic E-state index is 0.113. The van der Waals surface area contributed by atoms with Crippen molar-refractivity contribution in [2.24, 2.45) is 0 Å². The Bertz CT molecular complexity index is 875. The molecule has 146 valence electrons. The van der Waals surface area contributed by atoms with Gasteiger partial charge in [0.15, 0.2) is 23.9 Å². The number of carbonyl (C=O) groups is 3. The second-order valence-electron chi connectivity index (χ2n) is 6.28. The van der Waals surface area contributed by atoms with Gasteiger partial charge in [-0.05, 0) is 30.2 Å². The second-order valence-corrected chi connectivity index (χ2v) is 6.28. The average molecular weight is 383 g/mol. The van der Waals surface area contributed by atoms with E-state index in [1.165, 1.54) is 6.07 Å².